The van der Waals surface area contributed by atoms with Crippen LogP contribution in [0, 0.1) is 5.41 Å². The van der Waals surface area contributed by atoms with Gasteiger partial charge in [-0.2, -0.15) is 5.10 Å². The summed E-state index contributed by atoms with van der Waals surface area (Å²) in [5, 5.41) is 10.2. The van der Waals surface area contributed by atoms with Crippen molar-refractivity contribution < 1.29 is 19.1 Å². The maximum absolute atomic E-state index is 12.4. The molecule has 1 aromatic heterocycles. The highest BCUT2D eigenvalue weighted by molar-refractivity contribution is 5.89. The molecule has 126 valence electrons. The van der Waals surface area contributed by atoms with Gasteiger partial charge in [-0.25, -0.2) is 4.79 Å². The quantitative estimate of drug-likeness (QED) is 0.821. The first-order valence-corrected chi connectivity index (χ1v) is 7.61. The molecule has 1 atom stereocenters. The van der Waals surface area contributed by atoms with Crippen LogP contribution >= 0.6 is 0 Å². The third-order valence-electron chi connectivity index (χ3n) is 3.80. The van der Waals surface area contributed by atoms with E-state index in [4.69, 9.17) is 9.47 Å². The molecular formula is C15H22N4O4. The SMILES string of the molecule is CCOC(=O)[C@]1(COC)CCCN(C(=O)Nc2cccnn2)C1. The maximum atomic E-state index is 12.4. The number of amides is 2. The summed E-state index contributed by atoms with van der Waals surface area (Å²) in [7, 11) is 1.54. The van der Waals surface area contributed by atoms with Gasteiger partial charge in [-0.1, -0.05) is 0 Å². The van der Waals surface area contributed by atoms with Crippen LogP contribution in [0.25, 0.3) is 0 Å². The summed E-state index contributed by atoms with van der Waals surface area (Å²) in [5.41, 5.74) is -0.817. The molecule has 0 radical (unpaired) electrons. The van der Waals surface area contributed by atoms with Gasteiger partial charge in [0.2, 0.25) is 0 Å². The van der Waals surface area contributed by atoms with E-state index in [-0.39, 0.29) is 25.2 Å². The molecule has 0 spiro atoms. The lowest BCUT2D eigenvalue weighted by Crippen LogP contribution is -2.53. The van der Waals surface area contributed by atoms with Crippen LogP contribution in [0.4, 0.5) is 10.6 Å². The van der Waals surface area contributed by atoms with Crippen LogP contribution in [0.15, 0.2) is 18.3 Å². The Balaban J connectivity index is 2.08. The van der Waals surface area contributed by atoms with E-state index in [1.165, 1.54) is 6.20 Å². The van der Waals surface area contributed by atoms with E-state index in [9.17, 15) is 9.59 Å². The summed E-state index contributed by atoms with van der Waals surface area (Å²) in [6, 6.07) is 3.03. The number of hydrogen-bond acceptors (Lipinski definition) is 6. The molecule has 1 aromatic rings. The third kappa shape index (κ3) is 4.16. The van der Waals surface area contributed by atoms with Gasteiger partial charge in [0.05, 0.1) is 13.2 Å². The van der Waals surface area contributed by atoms with Gasteiger partial charge >= 0.3 is 12.0 Å². The van der Waals surface area contributed by atoms with E-state index in [0.717, 1.165) is 0 Å². The molecular weight excluding hydrogens is 300 g/mol. The maximum Gasteiger partial charge on any atom is 0.323 e. The number of aromatic nitrogens is 2. The Bertz CT molecular complexity index is 536. The molecule has 1 N–H and O–H groups in total. The van der Waals surface area contributed by atoms with E-state index in [1.54, 1.807) is 31.1 Å². The summed E-state index contributed by atoms with van der Waals surface area (Å²) in [5.74, 6) is 0.0513. The summed E-state index contributed by atoms with van der Waals surface area (Å²) in [4.78, 5) is 26.3. The molecule has 8 nitrogen and oxygen atoms in total. The molecule has 1 aliphatic rings. The minimum absolute atomic E-state index is 0.223. The number of likely N-dealkylation sites (tertiary alicyclic amines) is 1. The number of urea groups is 1. The molecule has 1 saturated heterocycles. The molecule has 0 unspecified atom stereocenters. The fraction of sp³-hybridized carbons (Fsp3) is 0.600. The second kappa shape index (κ2) is 7.87. The molecule has 2 heterocycles. The van der Waals surface area contributed by atoms with Crippen molar-refractivity contribution in [2.75, 3.05) is 38.7 Å². The van der Waals surface area contributed by atoms with E-state index < -0.39 is 5.41 Å². The largest absolute Gasteiger partial charge is 0.465 e. The Kier molecular flexibility index (Phi) is 5.86. The number of carbonyl (C=O) groups excluding carboxylic acids is 2. The van der Waals surface area contributed by atoms with Gasteiger partial charge in [0, 0.05) is 26.4 Å². The van der Waals surface area contributed by atoms with Crippen LogP contribution < -0.4 is 5.32 Å². The monoisotopic (exact) mass is 322 g/mol. The van der Waals surface area contributed by atoms with Gasteiger partial charge < -0.3 is 14.4 Å². The summed E-state index contributed by atoms with van der Waals surface area (Å²) < 4.78 is 10.4. The first kappa shape index (κ1) is 17.1. The van der Waals surface area contributed by atoms with Gasteiger partial charge in [-0.05, 0) is 31.9 Å². The fourth-order valence-electron chi connectivity index (χ4n) is 2.77. The van der Waals surface area contributed by atoms with Crippen LogP contribution in [0.2, 0.25) is 0 Å². The highest BCUT2D eigenvalue weighted by Crippen LogP contribution is 2.32. The Morgan fingerprint density at radius 3 is 2.96 bits per heavy atom. The lowest BCUT2D eigenvalue weighted by molar-refractivity contribution is -0.162. The summed E-state index contributed by atoms with van der Waals surface area (Å²) in [6.45, 7) is 3.11. The molecule has 1 fully saturated rings. The van der Waals surface area contributed by atoms with Crippen molar-refractivity contribution in [2.24, 2.45) is 5.41 Å². The van der Waals surface area contributed by atoms with Crippen molar-refractivity contribution in [3.8, 4) is 0 Å². The van der Waals surface area contributed by atoms with Gasteiger partial charge in [-0.3, -0.25) is 10.1 Å². The zero-order chi connectivity index (χ0) is 16.7. The molecule has 0 saturated carbocycles. The molecule has 1 aliphatic heterocycles. The number of esters is 1. The number of carbonyl (C=O) groups is 2. The van der Waals surface area contributed by atoms with E-state index in [1.807, 2.05) is 0 Å². The molecule has 8 heteroatoms. The van der Waals surface area contributed by atoms with Gasteiger partial charge in [-0.15, -0.1) is 5.10 Å². The Hall–Kier alpha value is -2.22. The number of piperidine rings is 1. The van der Waals surface area contributed by atoms with Crippen molar-refractivity contribution >= 4 is 17.8 Å². The zero-order valence-electron chi connectivity index (χ0n) is 13.4. The van der Waals surface area contributed by atoms with Crippen LogP contribution in [0.1, 0.15) is 19.8 Å². The number of ether oxygens (including phenoxy) is 2. The first-order chi connectivity index (χ1) is 11.1. The van der Waals surface area contributed by atoms with Crippen molar-refractivity contribution in [3.05, 3.63) is 18.3 Å². The van der Waals surface area contributed by atoms with Gasteiger partial charge in [0.15, 0.2) is 5.82 Å². The second-order valence-corrected chi connectivity index (χ2v) is 5.50. The van der Waals surface area contributed by atoms with Crippen LogP contribution in [0.5, 0.6) is 0 Å². The van der Waals surface area contributed by atoms with Crippen molar-refractivity contribution in [1.29, 1.82) is 0 Å². The fourth-order valence-corrected chi connectivity index (χ4v) is 2.77. The summed E-state index contributed by atoms with van der Waals surface area (Å²) in [6.07, 6.45) is 2.87. The standard InChI is InChI=1S/C15H22N4O4/c1-3-23-13(20)15(11-22-2)7-5-9-19(10-15)14(21)17-12-6-4-8-16-18-12/h4,6,8H,3,5,7,9-11H2,1-2H3,(H,17,18,21)/t15-/m1/s1. The lowest BCUT2D eigenvalue weighted by atomic mass is 9.80. The molecule has 0 aromatic carbocycles. The average molecular weight is 322 g/mol. The normalized spacial score (nSPS) is 20.9. The number of nitrogens with zero attached hydrogens (tertiary/aromatic N) is 3. The van der Waals surface area contributed by atoms with Crippen LogP contribution in [0.3, 0.4) is 0 Å². The van der Waals surface area contributed by atoms with Crippen molar-refractivity contribution in [3.63, 3.8) is 0 Å². The molecule has 0 bridgehead atoms. The van der Waals surface area contributed by atoms with Crippen LogP contribution in [-0.2, 0) is 14.3 Å². The smallest absolute Gasteiger partial charge is 0.323 e. The number of rotatable bonds is 5. The first-order valence-electron chi connectivity index (χ1n) is 7.61. The summed E-state index contributed by atoms with van der Waals surface area (Å²) >= 11 is 0. The van der Waals surface area contributed by atoms with E-state index in [2.05, 4.69) is 15.5 Å². The highest BCUT2D eigenvalue weighted by Gasteiger charge is 2.45. The topological polar surface area (TPSA) is 93.7 Å². The predicted octanol–water partition coefficient (Wildman–Crippen LogP) is 1.30. The Morgan fingerprint density at radius 1 is 1.48 bits per heavy atom. The number of methoxy groups -OCH3 is 1. The minimum atomic E-state index is -0.817. The van der Waals surface area contributed by atoms with Crippen LogP contribution in [-0.4, -0.2) is 60.5 Å². The zero-order valence-corrected chi connectivity index (χ0v) is 13.4. The van der Waals surface area contributed by atoms with E-state index >= 15 is 0 Å². The lowest BCUT2D eigenvalue weighted by Gasteiger charge is -2.40. The second-order valence-electron chi connectivity index (χ2n) is 5.50. The molecule has 2 rings (SSSR count). The molecule has 0 aliphatic carbocycles. The molecule has 2 amide bonds. The number of hydrogen-bond donors (Lipinski definition) is 1. The van der Waals surface area contributed by atoms with Gasteiger partial charge in [0.25, 0.3) is 0 Å². The minimum Gasteiger partial charge on any atom is -0.465 e. The van der Waals surface area contributed by atoms with Crippen molar-refractivity contribution in [1.82, 2.24) is 15.1 Å². The Labute approximate surface area is 135 Å². The number of anilines is 1. The van der Waals surface area contributed by atoms with E-state index in [0.29, 0.717) is 31.8 Å². The molecule has 23 heavy (non-hydrogen) atoms. The average Bonchev–Trinajstić information content (AvgIpc) is 2.56. The van der Waals surface area contributed by atoms with Crippen molar-refractivity contribution in [2.45, 2.75) is 19.8 Å². The van der Waals surface area contributed by atoms with Gasteiger partial charge in [0.1, 0.15) is 5.41 Å². The predicted molar refractivity (Wildman–Crippen MR) is 82.8 cm³/mol. The highest BCUT2D eigenvalue weighted by atomic mass is 16.5. The number of nitrogens with one attached hydrogen (secondary N) is 1. The Morgan fingerprint density at radius 2 is 2.30 bits per heavy atom. The third-order valence-corrected chi connectivity index (χ3v) is 3.80.